The average Bonchev–Trinajstić information content (AvgIpc) is 3.48. The molecule has 0 fully saturated rings. The van der Waals surface area contributed by atoms with Crippen LogP contribution in [0, 0.1) is 0 Å². The second-order valence-electron chi connectivity index (χ2n) is 7.43. The van der Waals surface area contributed by atoms with Crippen molar-refractivity contribution < 1.29 is 9.21 Å². The summed E-state index contributed by atoms with van der Waals surface area (Å²) in [6.45, 7) is 1.49. The Hall–Kier alpha value is -4.20. The Balaban J connectivity index is 1.21. The summed E-state index contributed by atoms with van der Waals surface area (Å²) in [6.07, 6.45) is 5.21. The van der Waals surface area contributed by atoms with Gasteiger partial charge in [0, 0.05) is 6.54 Å². The summed E-state index contributed by atoms with van der Waals surface area (Å²) in [7, 11) is 0. The molecular formula is C24H22N6O2. The number of fused-ring (bicyclic) bond motifs is 2. The van der Waals surface area contributed by atoms with Crippen LogP contribution in [0.5, 0.6) is 0 Å². The van der Waals surface area contributed by atoms with E-state index >= 15 is 0 Å². The fraction of sp³-hybridized carbons (Fsp3) is 0.167. The number of hydrogen-bond acceptors (Lipinski definition) is 6. The van der Waals surface area contributed by atoms with E-state index in [9.17, 15) is 4.79 Å². The van der Waals surface area contributed by atoms with Gasteiger partial charge < -0.3 is 15.1 Å². The number of aromatic nitrogens is 4. The van der Waals surface area contributed by atoms with Gasteiger partial charge in [-0.25, -0.2) is 14.6 Å². The predicted molar refractivity (Wildman–Crippen MR) is 122 cm³/mol. The van der Waals surface area contributed by atoms with Crippen LogP contribution in [-0.2, 0) is 24.3 Å². The van der Waals surface area contributed by atoms with E-state index in [0.717, 1.165) is 27.5 Å². The van der Waals surface area contributed by atoms with Gasteiger partial charge in [-0.05, 0) is 28.5 Å². The van der Waals surface area contributed by atoms with Gasteiger partial charge in [0.1, 0.15) is 17.9 Å². The van der Waals surface area contributed by atoms with Crippen LogP contribution in [-0.4, -0.2) is 32.2 Å². The number of carbonyl (C=O) groups excluding carboxylic acids is 1. The number of hydrogen-bond donors (Lipinski definition) is 2. The molecule has 0 radical (unpaired) electrons. The third-order valence-corrected chi connectivity index (χ3v) is 5.32. The Morgan fingerprint density at radius 3 is 2.81 bits per heavy atom. The van der Waals surface area contributed by atoms with Crippen LogP contribution in [0.2, 0.25) is 0 Å². The van der Waals surface area contributed by atoms with E-state index in [4.69, 9.17) is 4.42 Å². The zero-order valence-electron chi connectivity index (χ0n) is 17.4. The molecule has 0 aliphatic carbocycles. The zero-order valence-corrected chi connectivity index (χ0v) is 17.4. The van der Waals surface area contributed by atoms with E-state index in [-0.39, 0.29) is 5.91 Å². The first kappa shape index (κ1) is 19.7. The highest BCUT2D eigenvalue weighted by Gasteiger charge is 2.11. The molecule has 5 aromatic rings. The minimum Gasteiger partial charge on any atom is -0.467 e. The Morgan fingerprint density at radius 1 is 1.00 bits per heavy atom. The highest BCUT2D eigenvalue weighted by Crippen LogP contribution is 2.20. The van der Waals surface area contributed by atoms with Gasteiger partial charge in [0.05, 0.1) is 37.4 Å². The normalized spacial score (nSPS) is 11.1. The fourth-order valence-electron chi connectivity index (χ4n) is 3.76. The van der Waals surface area contributed by atoms with Crippen molar-refractivity contribution in [3.63, 3.8) is 0 Å². The van der Waals surface area contributed by atoms with Gasteiger partial charge in [0.25, 0.3) is 0 Å². The molecule has 3 heterocycles. The molecule has 5 rings (SSSR count). The molecule has 0 unspecified atom stereocenters. The molecule has 0 atom stereocenters. The highest BCUT2D eigenvalue weighted by atomic mass is 16.3. The quantitative estimate of drug-likeness (QED) is 0.394. The molecule has 8 nitrogen and oxygen atoms in total. The van der Waals surface area contributed by atoms with E-state index < -0.39 is 0 Å². The summed E-state index contributed by atoms with van der Waals surface area (Å²) in [6, 6.07) is 17.9. The number of amides is 1. The third kappa shape index (κ3) is 4.15. The van der Waals surface area contributed by atoms with Crippen LogP contribution in [0.3, 0.4) is 0 Å². The third-order valence-electron chi connectivity index (χ3n) is 5.32. The van der Waals surface area contributed by atoms with Gasteiger partial charge in [0.15, 0.2) is 5.65 Å². The lowest BCUT2D eigenvalue weighted by molar-refractivity contribution is -0.120. The van der Waals surface area contributed by atoms with Crippen LogP contribution in [0.1, 0.15) is 11.3 Å². The standard InChI is InChI=1S/C24H22N6O2/c31-22(13-18-7-3-6-17-5-1-2-9-20(17)18)25-10-11-30-24-21(15-29-30)23(27-16-28-24)26-14-19-8-4-12-32-19/h1-9,12,15-16H,10-11,13-14H2,(H,25,31)(H,26,27,28). The SMILES string of the molecule is O=C(Cc1cccc2ccccc12)NCCn1ncc2c(NCc3ccco3)ncnc21. The Labute approximate surface area is 184 Å². The number of nitrogens with one attached hydrogen (secondary N) is 2. The van der Waals surface area contributed by atoms with Crippen molar-refractivity contribution in [3.8, 4) is 0 Å². The largest absolute Gasteiger partial charge is 0.467 e. The van der Waals surface area contributed by atoms with Gasteiger partial charge in [0.2, 0.25) is 5.91 Å². The molecule has 2 aromatic carbocycles. The molecule has 0 spiro atoms. The lowest BCUT2D eigenvalue weighted by atomic mass is 10.0. The lowest BCUT2D eigenvalue weighted by Gasteiger charge is -2.09. The van der Waals surface area contributed by atoms with Gasteiger partial charge >= 0.3 is 0 Å². The minimum absolute atomic E-state index is 0.0201. The summed E-state index contributed by atoms with van der Waals surface area (Å²) in [5, 5.41) is 13.7. The van der Waals surface area contributed by atoms with E-state index in [1.54, 1.807) is 17.1 Å². The van der Waals surface area contributed by atoms with Gasteiger partial charge in [-0.1, -0.05) is 42.5 Å². The van der Waals surface area contributed by atoms with Crippen molar-refractivity contribution >= 4 is 33.5 Å². The van der Waals surface area contributed by atoms with E-state index in [1.165, 1.54) is 6.33 Å². The van der Waals surface area contributed by atoms with E-state index in [0.29, 0.717) is 37.5 Å². The molecular weight excluding hydrogens is 404 g/mol. The Bertz CT molecular complexity index is 1350. The van der Waals surface area contributed by atoms with Crippen LogP contribution >= 0.6 is 0 Å². The van der Waals surface area contributed by atoms with Crippen LogP contribution in [0.15, 0.2) is 77.8 Å². The molecule has 3 aromatic heterocycles. The maximum absolute atomic E-state index is 12.5. The van der Waals surface area contributed by atoms with Crippen molar-refractivity contribution in [1.82, 2.24) is 25.1 Å². The van der Waals surface area contributed by atoms with Crippen LogP contribution in [0.25, 0.3) is 21.8 Å². The molecule has 0 saturated heterocycles. The first-order valence-electron chi connectivity index (χ1n) is 10.4. The number of rotatable bonds is 8. The summed E-state index contributed by atoms with van der Waals surface area (Å²) < 4.78 is 7.12. The van der Waals surface area contributed by atoms with Crippen molar-refractivity contribution in [2.24, 2.45) is 0 Å². The number of furan rings is 1. The van der Waals surface area contributed by atoms with Crippen molar-refractivity contribution in [1.29, 1.82) is 0 Å². The Morgan fingerprint density at radius 2 is 1.91 bits per heavy atom. The molecule has 160 valence electrons. The van der Waals surface area contributed by atoms with Gasteiger partial charge in [-0.15, -0.1) is 0 Å². The average molecular weight is 426 g/mol. The molecule has 0 aliphatic heterocycles. The topological polar surface area (TPSA) is 97.9 Å². The first-order valence-corrected chi connectivity index (χ1v) is 10.4. The van der Waals surface area contributed by atoms with Gasteiger partial charge in [-0.3, -0.25) is 4.79 Å². The second kappa shape index (κ2) is 8.89. The Kier molecular flexibility index (Phi) is 5.48. The first-order chi connectivity index (χ1) is 15.8. The molecule has 0 saturated carbocycles. The van der Waals surface area contributed by atoms with Crippen molar-refractivity contribution in [2.45, 2.75) is 19.5 Å². The smallest absolute Gasteiger partial charge is 0.224 e. The number of carbonyl (C=O) groups is 1. The summed E-state index contributed by atoms with van der Waals surface area (Å²) in [5.74, 6) is 1.49. The maximum atomic E-state index is 12.5. The van der Waals surface area contributed by atoms with E-state index in [1.807, 2.05) is 42.5 Å². The summed E-state index contributed by atoms with van der Waals surface area (Å²) in [5.41, 5.74) is 1.73. The van der Waals surface area contributed by atoms with Crippen LogP contribution < -0.4 is 10.6 Å². The molecule has 32 heavy (non-hydrogen) atoms. The monoisotopic (exact) mass is 426 g/mol. The maximum Gasteiger partial charge on any atom is 0.224 e. The predicted octanol–water partition coefficient (Wildman–Crippen LogP) is 3.54. The minimum atomic E-state index is -0.0201. The van der Waals surface area contributed by atoms with E-state index in [2.05, 4.69) is 37.8 Å². The van der Waals surface area contributed by atoms with Gasteiger partial charge in [-0.2, -0.15) is 5.10 Å². The fourth-order valence-corrected chi connectivity index (χ4v) is 3.76. The number of nitrogens with zero attached hydrogens (tertiary/aromatic N) is 4. The number of benzene rings is 2. The summed E-state index contributed by atoms with van der Waals surface area (Å²) >= 11 is 0. The highest BCUT2D eigenvalue weighted by molar-refractivity contribution is 5.90. The zero-order chi connectivity index (χ0) is 21.8. The molecule has 2 N–H and O–H groups in total. The molecule has 0 aliphatic rings. The molecule has 8 heteroatoms. The second-order valence-corrected chi connectivity index (χ2v) is 7.43. The molecule has 0 bridgehead atoms. The lowest BCUT2D eigenvalue weighted by Crippen LogP contribution is -2.29. The number of anilines is 1. The molecule has 1 amide bonds. The van der Waals surface area contributed by atoms with Crippen molar-refractivity contribution in [2.75, 3.05) is 11.9 Å². The van der Waals surface area contributed by atoms with Crippen LogP contribution in [0.4, 0.5) is 5.82 Å². The van der Waals surface area contributed by atoms with Crippen molar-refractivity contribution in [3.05, 3.63) is 84.7 Å². The summed E-state index contributed by atoms with van der Waals surface area (Å²) in [4.78, 5) is 21.2.